The molecule has 0 aliphatic heterocycles. The quantitative estimate of drug-likeness (QED) is 0.801. The zero-order valence-corrected chi connectivity index (χ0v) is 10.8. The minimum Gasteiger partial charge on any atom is -0.395 e. The molecular weight excluding hydrogens is 200 g/mol. The lowest BCUT2D eigenvalue weighted by Crippen LogP contribution is -2.35. The van der Waals surface area contributed by atoms with Gasteiger partial charge < -0.3 is 15.0 Å². The van der Waals surface area contributed by atoms with Crippen molar-refractivity contribution in [3.63, 3.8) is 0 Å². The van der Waals surface area contributed by atoms with E-state index >= 15 is 0 Å². The molecule has 0 aliphatic carbocycles. The molecule has 1 rings (SSSR count). The number of aryl methyl sites for hydroxylation is 1. The summed E-state index contributed by atoms with van der Waals surface area (Å²) in [6, 6.07) is 2.28. The highest BCUT2D eigenvalue weighted by molar-refractivity contribution is 5.09. The van der Waals surface area contributed by atoms with Crippen LogP contribution in [0.25, 0.3) is 0 Å². The van der Waals surface area contributed by atoms with E-state index in [0.717, 1.165) is 13.0 Å². The maximum absolute atomic E-state index is 9.30. The van der Waals surface area contributed by atoms with Crippen molar-refractivity contribution in [1.29, 1.82) is 0 Å². The summed E-state index contributed by atoms with van der Waals surface area (Å²) in [6.45, 7) is 7.60. The first-order chi connectivity index (χ1) is 7.40. The molecule has 1 unspecified atom stereocenters. The zero-order valence-electron chi connectivity index (χ0n) is 10.8. The van der Waals surface area contributed by atoms with Gasteiger partial charge in [0.2, 0.25) is 0 Å². The van der Waals surface area contributed by atoms with Crippen LogP contribution in [0.2, 0.25) is 0 Å². The average molecular weight is 224 g/mol. The summed E-state index contributed by atoms with van der Waals surface area (Å²) in [5.41, 5.74) is 1.51. The second-order valence-electron chi connectivity index (χ2n) is 5.71. The predicted octanol–water partition coefficient (Wildman–Crippen LogP) is 1.91. The first-order valence-electron chi connectivity index (χ1n) is 5.86. The molecule has 0 saturated carbocycles. The monoisotopic (exact) mass is 224 g/mol. The fraction of sp³-hybridized carbons (Fsp3) is 0.692. The summed E-state index contributed by atoms with van der Waals surface area (Å²) in [5, 5.41) is 12.7. The highest BCUT2D eigenvalue weighted by Crippen LogP contribution is 2.20. The van der Waals surface area contributed by atoms with Gasteiger partial charge in [-0.15, -0.1) is 0 Å². The van der Waals surface area contributed by atoms with E-state index in [1.54, 1.807) is 0 Å². The van der Waals surface area contributed by atoms with E-state index < -0.39 is 0 Å². The third-order valence-corrected chi connectivity index (χ3v) is 2.57. The van der Waals surface area contributed by atoms with E-state index in [1.807, 2.05) is 17.8 Å². The van der Waals surface area contributed by atoms with Gasteiger partial charge in [-0.2, -0.15) is 0 Å². The Bertz CT molecular complexity index is 312. The molecule has 1 heterocycles. The highest BCUT2D eigenvalue weighted by atomic mass is 16.3. The van der Waals surface area contributed by atoms with E-state index in [4.69, 9.17) is 0 Å². The molecule has 0 aliphatic rings. The van der Waals surface area contributed by atoms with Crippen LogP contribution >= 0.6 is 0 Å². The minimum atomic E-state index is 0.181. The van der Waals surface area contributed by atoms with Crippen molar-refractivity contribution >= 4 is 0 Å². The van der Waals surface area contributed by atoms with Gasteiger partial charge in [0.1, 0.15) is 0 Å². The summed E-state index contributed by atoms with van der Waals surface area (Å²) in [6.07, 6.45) is 5.11. The van der Waals surface area contributed by atoms with Crippen molar-refractivity contribution in [3.8, 4) is 0 Å². The molecule has 0 bridgehead atoms. The van der Waals surface area contributed by atoms with Crippen molar-refractivity contribution in [3.05, 3.63) is 24.0 Å². The summed E-state index contributed by atoms with van der Waals surface area (Å²) >= 11 is 0. The van der Waals surface area contributed by atoms with Crippen molar-refractivity contribution in [1.82, 2.24) is 9.88 Å². The van der Waals surface area contributed by atoms with Gasteiger partial charge in [0.15, 0.2) is 0 Å². The predicted molar refractivity (Wildman–Crippen MR) is 67.2 cm³/mol. The van der Waals surface area contributed by atoms with Crippen LogP contribution < -0.4 is 5.32 Å². The lowest BCUT2D eigenvalue weighted by molar-refractivity contribution is 0.198. The summed E-state index contributed by atoms with van der Waals surface area (Å²) in [4.78, 5) is 0. The Morgan fingerprint density at radius 3 is 2.56 bits per heavy atom. The molecule has 0 fully saturated rings. The summed E-state index contributed by atoms with van der Waals surface area (Å²) in [7, 11) is 2.02. The van der Waals surface area contributed by atoms with Crippen LogP contribution in [0.5, 0.6) is 0 Å². The van der Waals surface area contributed by atoms with Gasteiger partial charge in [-0.05, 0) is 23.5 Å². The normalized spacial score (nSPS) is 14.1. The van der Waals surface area contributed by atoms with E-state index in [2.05, 4.69) is 38.4 Å². The van der Waals surface area contributed by atoms with Gasteiger partial charge >= 0.3 is 0 Å². The molecule has 92 valence electrons. The van der Waals surface area contributed by atoms with Gasteiger partial charge in [0, 0.05) is 32.0 Å². The van der Waals surface area contributed by atoms with Crippen LogP contribution in [0.4, 0.5) is 0 Å². The molecule has 1 aromatic heterocycles. The van der Waals surface area contributed by atoms with E-state index in [1.165, 1.54) is 5.56 Å². The SMILES string of the molecule is Cn1ccc(CNC(CO)CC(C)(C)C)c1. The standard InChI is InChI=1S/C13H24N2O/c1-13(2,3)7-12(10-16)14-8-11-5-6-15(4)9-11/h5-6,9,12,14,16H,7-8,10H2,1-4H3. The van der Waals surface area contributed by atoms with Crippen molar-refractivity contribution in [2.45, 2.75) is 39.8 Å². The third kappa shape index (κ3) is 4.81. The maximum Gasteiger partial charge on any atom is 0.0584 e. The minimum absolute atomic E-state index is 0.181. The number of nitrogens with zero attached hydrogens (tertiary/aromatic N) is 1. The Balaban J connectivity index is 2.40. The molecule has 0 radical (unpaired) electrons. The molecule has 0 saturated heterocycles. The molecule has 0 aromatic carbocycles. The van der Waals surface area contributed by atoms with Crippen molar-refractivity contribution in [2.24, 2.45) is 12.5 Å². The zero-order chi connectivity index (χ0) is 12.2. The van der Waals surface area contributed by atoms with Crippen molar-refractivity contribution in [2.75, 3.05) is 6.61 Å². The average Bonchev–Trinajstić information content (AvgIpc) is 2.57. The molecule has 3 heteroatoms. The number of hydrogen-bond donors (Lipinski definition) is 2. The number of aromatic nitrogens is 1. The second-order valence-corrected chi connectivity index (χ2v) is 5.71. The molecule has 16 heavy (non-hydrogen) atoms. The first kappa shape index (κ1) is 13.3. The lowest BCUT2D eigenvalue weighted by Gasteiger charge is -2.25. The summed E-state index contributed by atoms with van der Waals surface area (Å²) < 4.78 is 2.04. The number of hydrogen-bond acceptors (Lipinski definition) is 2. The molecule has 2 N–H and O–H groups in total. The topological polar surface area (TPSA) is 37.2 Å². The number of nitrogens with one attached hydrogen (secondary N) is 1. The van der Waals surface area contributed by atoms with E-state index in [0.29, 0.717) is 0 Å². The van der Waals surface area contributed by atoms with Crippen LogP contribution in [0.3, 0.4) is 0 Å². The smallest absolute Gasteiger partial charge is 0.0584 e. The number of aliphatic hydroxyl groups is 1. The Hall–Kier alpha value is -0.800. The van der Waals surface area contributed by atoms with Crippen LogP contribution in [0, 0.1) is 5.41 Å². The summed E-state index contributed by atoms with van der Waals surface area (Å²) in [5.74, 6) is 0. The molecule has 1 aromatic rings. The Morgan fingerprint density at radius 1 is 1.44 bits per heavy atom. The maximum atomic E-state index is 9.30. The lowest BCUT2D eigenvalue weighted by atomic mass is 9.88. The van der Waals surface area contributed by atoms with Crippen LogP contribution in [-0.4, -0.2) is 22.3 Å². The molecule has 1 atom stereocenters. The largest absolute Gasteiger partial charge is 0.395 e. The third-order valence-electron chi connectivity index (χ3n) is 2.57. The Labute approximate surface area is 98.5 Å². The van der Waals surface area contributed by atoms with Crippen LogP contribution in [0.15, 0.2) is 18.5 Å². The molecule has 3 nitrogen and oxygen atoms in total. The van der Waals surface area contributed by atoms with Crippen LogP contribution in [-0.2, 0) is 13.6 Å². The fourth-order valence-electron chi connectivity index (χ4n) is 1.87. The molecule has 0 spiro atoms. The fourth-order valence-corrected chi connectivity index (χ4v) is 1.87. The molecule has 0 amide bonds. The van der Waals surface area contributed by atoms with Gasteiger partial charge in [-0.1, -0.05) is 20.8 Å². The highest BCUT2D eigenvalue weighted by Gasteiger charge is 2.17. The van der Waals surface area contributed by atoms with E-state index in [9.17, 15) is 5.11 Å². The number of rotatable bonds is 5. The van der Waals surface area contributed by atoms with E-state index in [-0.39, 0.29) is 18.1 Å². The first-order valence-corrected chi connectivity index (χ1v) is 5.86. The number of aliphatic hydroxyl groups excluding tert-OH is 1. The van der Waals surface area contributed by atoms with Gasteiger partial charge in [-0.3, -0.25) is 0 Å². The Kier molecular flexibility index (Phi) is 4.56. The van der Waals surface area contributed by atoms with Crippen LogP contribution in [0.1, 0.15) is 32.8 Å². The molecular formula is C13H24N2O. The second kappa shape index (κ2) is 5.51. The van der Waals surface area contributed by atoms with Gasteiger partial charge in [-0.25, -0.2) is 0 Å². The van der Waals surface area contributed by atoms with Crippen molar-refractivity contribution < 1.29 is 5.11 Å². The van der Waals surface area contributed by atoms with Gasteiger partial charge in [0.25, 0.3) is 0 Å². The van der Waals surface area contributed by atoms with Gasteiger partial charge in [0.05, 0.1) is 6.61 Å². The Morgan fingerprint density at radius 2 is 2.12 bits per heavy atom.